The molecule has 0 fully saturated rings. The number of rotatable bonds is 0. The zero-order valence-corrected chi connectivity index (χ0v) is 5.57. The van der Waals surface area contributed by atoms with Crippen LogP contribution in [-0.2, 0) is 27.4 Å². The van der Waals surface area contributed by atoms with Gasteiger partial charge in [-0.2, -0.15) is 0 Å². The Labute approximate surface area is 39.1 Å². The molecular formula is H4O5W. The van der Waals surface area contributed by atoms with Crippen molar-refractivity contribution in [1.29, 1.82) is 0 Å². The predicted molar refractivity (Wildman–Crippen MR) is 9.29 cm³/mol. The van der Waals surface area contributed by atoms with E-state index in [1.807, 2.05) is 0 Å². The first kappa shape index (κ1) is 16.7. The second kappa shape index (κ2) is 8.89. The summed E-state index contributed by atoms with van der Waals surface area (Å²) in [4.78, 5) is 0. The molecule has 0 saturated heterocycles. The molecule has 0 aromatic rings. The first-order valence-corrected chi connectivity index (χ1v) is 4.09. The minimum atomic E-state index is -4.28. The summed E-state index contributed by atoms with van der Waals surface area (Å²) in [6, 6.07) is 0. The van der Waals surface area contributed by atoms with Gasteiger partial charge in [0.15, 0.2) is 0 Å². The van der Waals surface area contributed by atoms with Crippen molar-refractivity contribution in [2.75, 3.05) is 0 Å². The Kier molecular flexibility index (Phi) is 24.7. The van der Waals surface area contributed by atoms with Gasteiger partial charge in [-0.15, -0.1) is 0 Å². The molecule has 0 radical (unpaired) electrons. The van der Waals surface area contributed by atoms with E-state index in [2.05, 4.69) is 0 Å². The standard InChI is InChI=1S/2H2O.3O.W/h2*1H2;;;;. The molecule has 0 atom stereocenters. The molecule has 5 nitrogen and oxygen atoms in total. The van der Waals surface area contributed by atoms with Crippen molar-refractivity contribution >= 4 is 0 Å². The van der Waals surface area contributed by atoms with E-state index < -0.39 is 17.2 Å². The average molecular weight is 268 g/mol. The van der Waals surface area contributed by atoms with Gasteiger partial charge in [-0.1, -0.05) is 0 Å². The van der Waals surface area contributed by atoms with E-state index in [9.17, 15) is 0 Å². The van der Waals surface area contributed by atoms with Gasteiger partial charge in [0.1, 0.15) is 0 Å². The molecule has 4 N–H and O–H groups in total. The Hall–Kier alpha value is 0.00831. The van der Waals surface area contributed by atoms with Crippen LogP contribution in [0.1, 0.15) is 0 Å². The Bertz CT molecular complexity index is 73.3. The van der Waals surface area contributed by atoms with Crippen LogP contribution in [0.3, 0.4) is 0 Å². The van der Waals surface area contributed by atoms with Crippen molar-refractivity contribution in [2.24, 2.45) is 0 Å². The minimum absolute atomic E-state index is 0. The second-order valence-corrected chi connectivity index (χ2v) is 1.67. The molecule has 0 saturated carbocycles. The van der Waals surface area contributed by atoms with Crippen molar-refractivity contribution in [2.45, 2.75) is 0 Å². The normalized spacial score (nSPS) is 4.00. The van der Waals surface area contributed by atoms with Crippen LogP contribution in [0.5, 0.6) is 0 Å². The van der Waals surface area contributed by atoms with Crippen LogP contribution in [0.15, 0.2) is 0 Å². The van der Waals surface area contributed by atoms with Crippen molar-refractivity contribution in [3.8, 4) is 0 Å². The maximum absolute atomic E-state index is 8.61. The van der Waals surface area contributed by atoms with Gasteiger partial charge < -0.3 is 11.0 Å². The topological polar surface area (TPSA) is 114 Å². The van der Waals surface area contributed by atoms with Gasteiger partial charge in [0.05, 0.1) is 0 Å². The van der Waals surface area contributed by atoms with Crippen molar-refractivity contribution in [3.05, 3.63) is 0 Å². The zero-order chi connectivity index (χ0) is 3.58. The van der Waals surface area contributed by atoms with Gasteiger partial charge in [0, 0.05) is 0 Å². The summed E-state index contributed by atoms with van der Waals surface area (Å²) in [5.74, 6) is 0. The summed E-state index contributed by atoms with van der Waals surface area (Å²) in [5, 5.41) is 0. The summed E-state index contributed by atoms with van der Waals surface area (Å²) in [6.45, 7) is 0. The molecule has 0 bridgehead atoms. The van der Waals surface area contributed by atoms with Gasteiger partial charge in [-0.3, -0.25) is 0 Å². The van der Waals surface area contributed by atoms with Gasteiger partial charge in [-0.25, -0.2) is 0 Å². The second-order valence-electron chi connectivity index (χ2n) is 0.204. The first-order chi connectivity index (χ1) is 1.73. The monoisotopic (exact) mass is 268 g/mol. The van der Waals surface area contributed by atoms with E-state index >= 15 is 0 Å². The molecule has 40 valence electrons. The molecule has 0 aliphatic rings. The van der Waals surface area contributed by atoms with Gasteiger partial charge in [0.25, 0.3) is 0 Å². The Morgan fingerprint density at radius 1 is 0.833 bits per heavy atom. The molecule has 0 aliphatic heterocycles. The van der Waals surface area contributed by atoms with E-state index in [1.54, 1.807) is 0 Å². The van der Waals surface area contributed by atoms with Crippen LogP contribution >= 0.6 is 0 Å². The molecule has 6 heavy (non-hydrogen) atoms. The van der Waals surface area contributed by atoms with E-state index in [0.717, 1.165) is 0 Å². The van der Waals surface area contributed by atoms with E-state index in [1.165, 1.54) is 0 Å². The average Bonchev–Trinajstić information content (AvgIpc) is 0.811. The van der Waals surface area contributed by atoms with Crippen molar-refractivity contribution in [3.63, 3.8) is 0 Å². The fourth-order valence-electron chi connectivity index (χ4n) is 0. The summed E-state index contributed by atoms with van der Waals surface area (Å²) in [6.07, 6.45) is 0. The summed E-state index contributed by atoms with van der Waals surface area (Å²) in [5.41, 5.74) is 0. The molecule has 0 aliphatic carbocycles. The fraction of sp³-hybridized carbons (Fsp3) is 0. The van der Waals surface area contributed by atoms with Crippen LogP contribution in [0.4, 0.5) is 0 Å². The molecule has 0 aromatic carbocycles. The number of hydrogen-bond acceptors (Lipinski definition) is 3. The molecule has 0 spiro atoms. The number of hydrogen-bond donors (Lipinski definition) is 0. The van der Waals surface area contributed by atoms with Gasteiger partial charge >= 0.3 is 27.4 Å². The maximum atomic E-state index is 8.61. The predicted octanol–water partition coefficient (Wildman–Crippen LogP) is -2.01. The van der Waals surface area contributed by atoms with Crippen LogP contribution in [0.2, 0.25) is 0 Å². The Balaban J connectivity index is -0.0000000450. The third-order valence-corrected chi connectivity index (χ3v) is 0. The summed E-state index contributed by atoms with van der Waals surface area (Å²) >= 11 is -4.28. The van der Waals surface area contributed by atoms with E-state index in [4.69, 9.17) is 10.2 Å². The van der Waals surface area contributed by atoms with Gasteiger partial charge in [0.2, 0.25) is 0 Å². The van der Waals surface area contributed by atoms with Gasteiger partial charge in [-0.05, 0) is 0 Å². The van der Waals surface area contributed by atoms with Crippen molar-refractivity contribution < 1.29 is 38.3 Å². The fourth-order valence-corrected chi connectivity index (χ4v) is 0. The Morgan fingerprint density at radius 2 is 0.833 bits per heavy atom. The first-order valence-electron chi connectivity index (χ1n) is 0.500. The van der Waals surface area contributed by atoms with Crippen LogP contribution in [-0.4, -0.2) is 11.0 Å². The van der Waals surface area contributed by atoms with Crippen LogP contribution < -0.4 is 0 Å². The SMILES string of the molecule is O.O.[O]=[W](=[O])=[O]. The molecule has 0 aromatic heterocycles. The van der Waals surface area contributed by atoms with E-state index in [-0.39, 0.29) is 11.0 Å². The molecule has 0 amide bonds. The third kappa shape index (κ3) is 525000. The molecule has 0 rings (SSSR count). The van der Waals surface area contributed by atoms with Crippen LogP contribution in [0, 0.1) is 0 Å². The quantitative estimate of drug-likeness (QED) is 0.505. The Morgan fingerprint density at radius 3 is 0.833 bits per heavy atom. The van der Waals surface area contributed by atoms with Crippen molar-refractivity contribution in [1.82, 2.24) is 0 Å². The summed E-state index contributed by atoms with van der Waals surface area (Å²) in [7, 11) is 0. The molecule has 0 unspecified atom stereocenters. The molecular weight excluding hydrogens is 264 g/mol. The zero-order valence-electron chi connectivity index (χ0n) is 2.63. The summed E-state index contributed by atoms with van der Waals surface area (Å²) < 4.78 is 25.8. The van der Waals surface area contributed by atoms with E-state index in [0.29, 0.717) is 0 Å². The molecule has 0 heterocycles. The molecule has 6 heteroatoms. The van der Waals surface area contributed by atoms with Crippen LogP contribution in [0.25, 0.3) is 0 Å². The third-order valence-electron chi connectivity index (χ3n) is 0.